The molecule has 1 aromatic heterocycles. The van der Waals surface area contributed by atoms with Crippen LogP contribution in [0.3, 0.4) is 0 Å². The maximum Gasteiger partial charge on any atom is 0.317 e. The number of sulfonamides is 1. The summed E-state index contributed by atoms with van der Waals surface area (Å²) >= 11 is 1.10. The van der Waals surface area contributed by atoms with Crippen LogP contribution in [0.2, 0.25) is 0 Å². The number of carbonyl (C=O) groups is 2. The van der Waals surface area contributed by atoms with Crippen molar-refractivity contribution in [2.75, 3.05) is 38.1 Å². The summed E-state index contributed by atoms with van der Waals surface area (Å²) in [6.07, 6.45) is 1.76. The Balaban J connectivity index is 1.97. The Morgan fingerprint density at radius 2 is 1.95 bits per heavy atom. The number of benzene rings is 1. The average molecular weight is 639 g/mol. The monoisotopic (exact) mass is 638 g/mol. The molecule has 1 aliphatic heterocycles. The highest BCUT2D eigenvalue weighted by Gasteiger charge is 2.31. The molecule has 1 aromatic carbocycles. The van der Waals surface area contributed by atoms with Gasteiger partial charge < -0.3 is 29.7 Å². The minimum Gasteiger partial charge on any atom is -0.490 e. The Morgan fingerprint density at radius 3 is 2.60 bits per heavy atom. The Kier molecular flexibility index (Phi) is 12.7. The van der Waals surface area contributed by atoms with Crippen molar-refractivity contribution < 1.29 is 32.6 Å². The number of rotatable bonds is 8. The lowest BCUT2D eigenvalue weighted by molar-refractivity contribution is -0.0122. The lowest BCUT2D eigenvalue weighted by atomic mass is 10.0. The molecule has 2 heterocycles. The SMILES string of the molecule is CC(C)NC(=O)N(C)C[C@@H]1OCCCC[C@@H](C)Oc2ccc(NS(=O)(=O)c3cccs3)cc2C(=O)N([C@H](C)CO)C[C@H]1C. The van der Waals surface area contributed by atoms with Crippen molar-refractivity contribution in [1.29, 1.82) is 0 Å². The summed E-state index contributed by atoms with van der Waals surface area (Å²) in [4.78, 5) is 30.0. The molecule has 0 unspecified atom stereocenters. The van der Waals surface area contributed by atoms with Gasteiger partial charge in [-0.1, -0.05) is 13.0 Å². The van der Waals surface area contributed by atoms with E-state index in [9.17, 15) is 23.1 Å². The number of hydrogen-bond acceptors (Lipinski definition) is 8. The Hall–Kier alpha value is -2.87. The first kappa shape index (κ1) is 34.6. The Morgan fingerprint density at radius 1 is 1.21 bits per heavy atom. The molecule has 0 aliphatic carbocycles. The molecule has 13 heteroatoms. The number of thiophene rings is 1. The number of nitrogens with one attached hydrogen (secondary N) is 2. The topological polar surface area (TPSA) is 138 Å². The molecule has 43 heavy (non-hydrogen) atoms. The number of aliphatic hydroxyl groups excluding tert-OH is 1. The molecule has 4 atom stereocenters. The van der Waals surface area contributed by atoms with Gasteiger partial charge in [-0.15, -0.1) is 11.3 Å². The smallest absolute Gasteiger partial charge is 0.317 e. The standard InChI is InChI=1S/C30H46N4O7S2/c1-20(2)31-30(37)33(6)18-27-21(3)17-34(22(4)19-35)29(36)25-16-24(32-43(38,39)28-11-9-15-42-28)12-13-26(25)41-23(5)10-7-8-14-40-27/h9,11-13,15-16,20-23,27,32,35H,7-8,10,14,17-19H2,1-6H3,(H,31,37)/t21-,22-,23-,27+/m1/s1. The lowest BCUT2D eigenvalue weighted by Crippen LogP contribution is -2.49. The summed E-state index contributed by atoms with van der Waals surface area (Å²) < 4.78 is 41.1. The second-order valence-electron chi connectivity index (χ2n) is 11.5. The predicted molar refractivity (Wildman–Crippen MR) is 168 cm³/mol. The van der Waals surface area contributed by atoms with Gasteiger partial charge in [-0.3, -0.25) is 9.52 Å². The average Bonchev–Trinajstić information content (AvgIpc) is 3.50. The highest BCUT2D eigenvalue weighted by atomic mass is 32.2. The maximum absolute atomic E-state index is 14.2. The van der Waals surface area contributed by atoms with E-state index in [0.717, 1.165) is 30.6 Å². The summed E-state index contributed by atoms with van der Waals surface area (Å²) in [5.41, 5.74) is 0.412. The second kappa shape index (κ2) is 15.7. The summed E-state index contributed by atoms with van der Waals surface area (Å²) in [5, 5.41) is 14.7. The fourth-order valence-corrected chi connectivity index (χ4v) is 6.82. The van der Waals surface area contributed by atoms with Gasteiger partial charge in [0.05, 0.1) is 30.4 Å². The number of likely N-dealkylation sites (N-methyl/N-ethyl adjacent to an activating group) is 1. The van der Waals surface area contributed by atoms with E-state index in [4.69, 9.17) is 9.47 Å². The molecule has 0 bridgehead atoms. The highest BCUT2D eigenvalue weighted by molar-refractivity contribution is 7.94. The van der Waals surface area contributed by atoms with Crippen LogP contribution in [0.1, 0.15) is 64.2 Å². The van der Waals surface area contributed by atoms with E-state index in [2.05, 4.69) is 10.0 Å². The highest BCUT2D eigenvalue weighted by Crippen LogP contribution is 2.30. The molecular formula is C30H46N4O7S2. The van der Waals surface area contributed by atoms with Crippen molar-refractivity contribution >= 4 is 39.0 Å². The molecule has 3 rings (SSSR count). The molecule has 0 saturated carbocycles. The fraction of sp³-hybridized carbons (Fsp3) is 0.600. The molecule has 0 saturated heterocycles. The summed E-state index contributed by atoms with van der Waals surface area (Å²) in [7, 11) is -2.13. The van der Waals surface area contributed by atoms with Gasteiger partial charge in [0.15, 0.2) is 0 Å². The fourth-order valence-electron chi connectivity index (χ4n) is 4.78. The molecule has 0 spiro atoms. The normalized spacial score (nSPS) is 21.3. The number of urea groups is 1. The number of anilines is 1. The van der Waals surface area contributed by atoms with Crippen LogP contribution in [0.4, 0.5) is 10.5 Å². The number of nitrogens with zero attached hydrogens (tertiary/aromatic N) is 2. The summed E-state index contributed by atoms with van der Waals surface area (Å²) in [6, 6.07) is 7.07. The van der Waals surface area contributed by atoms with E-state index in [1.807, 2.05) is 27.7 Å². The maximum atomic E-state index is 14.2. The minimum atomic E-state index is -3.84. The van der Waals surface area contributed by atoms with Crippen LogP contribution in [-0.2, 0) is 14.8 Å². The molecule has 2 aromatic rings. The van der Waals surface area contributed by atoms with Crippen molar-refractivity contribution in [2.45, 2.75) is 82.4 Å². The number of fused-ring (bicyclic) bond motifs is 1. The zero-order valence-electron chi connectivity index (χ0n) is 25.9. The number of amides is 3. The summed E-state index contributed by atoms with van der Waals surface area (Å²) in [5.74, 6) is -0.275. The van der Waals surface area contributed by atoms with Gasteiger partial charge >= 0.3 is 6.03 Å². The van der Waals surface area contributed by atoms with E-state index >= 15 is 0 Å². The molecule has 3 amide bonds. The van der Waals surface area contributed by atoms with Gasteiger partial charge in [0.25, 0.3) is 15.9 Å². The number of aliphatic hydroxyl groups is 1. The lowest BCUT2D eigenvalue weighted by Gasteiger charge is -2.36. The van der Waals surface area contributed by atoms with Crippen LogP contribution in [0.25, 0.3) is 0 Å². The summed E-state index contributed by atoms with van der Waals surface area (Å²) in [6.45, 7) is 10.2. The van der Waals surface area contributed by atoms with E-state index in [1.165, 1.54) is 12.1 Å². The van der Waals surface area contributed by atoms with E-state index in [-0.39, 0.29) is 58.8 Å². The molecular weight excluding hydrogens is 592 g/mol. The van der Waals surface area contributed by atoms with Crippen LogP contribution in [0.15, 0.2) is 39.9 Å². The zero-order chi connectivity index (χ0) is 31.7. The van der Waals surface area contributed by atoms with Crippen LogP contribution in [0.5, 0.6) is 5.75 Å². The third-order valence-electron chi connectivity index (χ3n) is 7.28. The largest absolute Gasteiger partial charge is 0.490 e. The number of hydrogen-bond donors (Lipinski definition) is 3. The van der Waals surface area contributed by atoms with Gasteiger partial charge in [-0.05, 0) is 76.6 Å². The first-order chi connectivity index (χ1) is 20.3. The predicted octanol–water partition coefficient (Wildman–Crippen LogP) is 4.39. The van der Waals surface area contributed by atoms with Crippen molar-refractivity contribution in [3.8, 4) is 5.75 Å². The first-order valence-corrected chi connectivity index (χ1v) is 17.1. The van der Waals surface area contributed by atoms with Crippen molar-refractivity contribution in [1.82, 2.24) is 15.1 Å². The second-order valence-corrected chi connectivity index (χ2v) is 14.4. The van der Waals surface area contributed by atoms with Crippen molar-refractivity contribution in [3.63, 3.8) is 0 Å². The molecule has 240 valence electrons. The van der Waals surface area contributed by atoms with Gasteiger partial charge in [-0.25, -0.2) is 13.2 Å². The van der Waals surface area contributed by atoms with Crippen LogP contribution in [-0.4, -0.2) is 92.9 Å². The molecule has 0 radical (unpaired) electrons. The number of carbonyl (C=O) groups excluding carboxylic acids is 2. The molecule has 1 aliphatic rings. The third kappa shape index (κ3) is 9.82. The van der Waals surface area contributed by atoms with Crippen LogP contribution < -0.4 is 14.8 Å². The Bertz CT molecular complexity index is 1300. The van der Waals surface area contributed by atoms with Crippen LogP contribution >= 0.6 is 11.3 Å². The molecule has 0 fully saturated rings. The van der Waals surface area contributed by atoms with Crippen LogP contribution in [0, 0.1) is 5.92 Å². The van der Waals surface area contributed by atoms with E-state index in [0.29, 0.717) is 18.9 Å². The molecule has 11 nitrogen and oxygen atoms in total. The minimum absolute atomic E-state index is 0.0141. The van der Waals surface area contributed by atoms with E-state index < -0.39 is 22.0 Å². The third-order valence-corrected chi connectivity index (χ3v) is 10.1. The Labute approximate surface area is 259 Å². The van der Waals surface area contributed by atoms with Gasteiger partial charge in [0.1, 0.15) is 9.96 Å². The van der Waals surface area contributed by atoms with Crippen molar-refractivity contribution in [3.05, 3.63) is 41.3 Å². The quantitative estimate of drug-likeness (QED) is 0.390. The van der Waals surface area contributed by atoms with Gasteiger partial charge in [0, 0.05) is 44.4 Å². The van der Waals surface area contributed by atoms with Gasteiger partial charge in [0.2, 0.25) is 0 Å². The van der Waals surface area contributed by atoms with Crippen molar-refractivity contribution in [2.24, 2.45) is 5.92 Å². The zero-order valence-corrected chi connectivity index (χ0v) is 27.5. The first-order valence-electron chi connectivity index (χ1n) is 14.7. The molecule has 3 N–H and O–H groups in total. The van der Waals surface area contributed by atoms with Gasteiger partial charge in [-0.2, -0.15) is 0 Å². The van der Waals surface area contributed by atoms with E-state index in [1.54, 1.807) is 47.4 Å². The number of ether oxygens (including phenoxy) is 2.